The normalized spacial score (nSPS) is 27.3. The summed E-state index contributed by atoms with van der Waals surface area (Å²) < 4.78 is 14.5. The highest BCUT2D eigenvalue weighted by atomic mass is 35.5. The lowest BCUT2D eigenvalue weighted by molar-refractivity contribution is -0.162. The molecule has 43 heavy (non-hydrogen) atoms. The fraction of sp³-hybridized carbons (Fsp3) is 0.452. The molecule has 12 heteroatoms. The molecule has 2 aromatic heterocycles. The summed E-state index contributed by atoms with van der Waals surface area (Å²) in [6, 6.07) is 17.6. The molecule has 0 radical (unpaired) electrons. The van der Waals surface area contributed by atoms with Crippen molar-refractivity contribution in [1.82, 2.24) is 25.0 Å². The number of amides is 1. The fourth-order valence-corrected chi connectivity index (χ4v) is 7.03. The van der Waals surface area contributed by atoms with Gasteiger partial charge >= 0.3 is 0 Å². The second-order valence-electron chi connectivity index (χ2n) is 11.9. The Morgan fingerprint density at radius 2 is 1.84 bits per heavy atom. The Kier molecular flexibility index (Phi) is 7.53. The predicted octanol–water partition coefficient (Wildman–Crippen LogP) is 6.06. The van der Waals surface area contributed by atoms with Gasteiger partial charge in [0.1, 0.15) is 12.2 Å². The standard InChI is InChI=1S/C31H34ClN7O3S/c1-4-14-43-30-35-27(34-22-15-20(22)17-8-6-5-7-9-17)24-28(36-30)39(38-37-24)23-16-21(25-26(23)42-31(2,3)41-25)29(40)33-19-12-10-18(32)11-13-19/h5-13,20-23,25-26H,4,14-16H2,1-3H3,(H,33,40)(H,34,35,36). The number of nitrogens with zero attached hydrogens (tertiary/aromatic N) is 5. The Hall–Kier alpha value is -3.25. The quantitative estimate of drug-likeness (QED) is 0.170. The molecule has 1 amide bonds. The average Bonchev–Trinajstić information content (AvgIpc) is 3.32. The highest BCUT2D eigenvalue weighted by Gasteiger charge is 2.57. The Balaban J connectivity index is 1.20. The van der Waals surface area contributed by atoms with Gasteiger partial charge in [-0.1, -0.05) is 65.8 Å². The Bertz CT molecular complexity index is 1630. The molecule has 3 fully saturated rings. The van der Waals surface area contributed by atoms with Crippen molar-refractivity contribution < 1.29 is 14.3 Å². The van der Waals surface area contributed by atoms with Crippen LogP contribution in [0.1, 0.15) is 57.6 Å². The summed E-state index contributed by atoms with van der Waals surface area (Å²) in [5, 5.41) is 17.1. The summed E-state index contributed by atoms with van der Waals surface area (Å²) in [7, 11) is 0. The maximum Gasteiger partial charge on any atom is 0.230 e. The summed E-state index contributed by atoms with van der Waals surface area (Å²) in [4.78, 5) is 23.4. The monoisotopic (exact) mass is 619 g/mol. The van der Waals surface area contributed by atoms with Crippen LogP contribution in [0.5, 0.6) is 0 Å². The van der Waals surface area contributed by atoms with Gasteiger partial charge in [-0.2, -0.15) is 0 Å². The van der Waals surface area contributed by atoms with Crippen LogP contribution in [0.15, 0.2) is 59.8 Å². The van der Waals surface area contributed by atoms with E-state index in [0.29, 0.717) is 45.2 Å². The molecular formula is C31H34ClN7O3S. The first-order valence-corrected chi connectivity index (χ1v) is 16.2. The van der Waals surface area contributed by atoms with Crippen molar-refractivity contribution in [2.45, 2.75) is 81.2 Å². The van der Waals surface area contributed by atoms with Crippen molar-refractivity contribution >= 4 is 51.9 Å². The maximum atomic E-state index is 13.6. The minimum Gasteiger partial charge on any atom is -0.365 e. The van der Waals surface area contributed by atoms with Gasteiger partial charge in [0.2, 0.25) is 5.91 Å². The van der Waals surface area contributed by atoms with Gasteiger partial charge in [-0.25, -0.2) is 14.6 Å². The van der Waals surface area contributed by atoms with Crippen LogP contribution in [0.2, 0.25) is 5.02 Å². The van der Waals surface area contributed by atoms with E-state index in [1.54, 1.807) is 36.0 Å². The number of hydrogen-bond acceptors (Lipinski definition) is 9. The molecule has 6 atom stereocenters. The van der Waals surface area contributed by atoms with E-state index in [4.69, 9.17) is 31.0 Å². The number of carbonyl (C=O) groups excluding carboxylic acids is 1. The second-order valence-corrected chi connectivity index (χ2v) is 13.4. The lowest BCUT2D eigenvalue weighted by atomic mass is 10.0. The van der Waals surface area contributed by atoms with Crippen molar-refractivity contribution in [3.05, 3.63) is 65.2 Å². The first-order chi connectivity index (χ1) is 20.8. The summed E-state index contributed by atoms with van der Waals surface area (Å²) >= 11 is 7.65. The van der Waals surface area contributed by atoms with E-state index in [9.17, 15) is 4.79 Å². The number of fused-ring (bicyclic) bond motifs is 2. The smallest absolute Gasteiger partial charge is 0.230 e. The molecule has 3 heterocycles. The van der Waals surface area contributed by atoms with Gasteiger partial charge in [-0.05, 0) is 62.9 Å². The second kappa shape index (κ2) is 11.4. The number of nitrogens with one attached hydrogen (secondary N) is 2. The van der Waals surface area contributed by atoms with Crippen molar-refractivity contribution in [2.24, 2.45) is 5.92 Å². The molecule has 4 aromatic rings. The molecule has 0 bridgehead atoms. The van der Waals surface area contributed by atoms with E-state index in [2.05, 4.69) is 52.1 Å². The highest BCUT2D eigenvalue weighted by molar-refractivity contribution is 7.99. The third-order valence-corrected chi connectivity index (χ3v) is 9.58. The maximum absolute atomic E-state index is 13.6. The third-order valence-electron chi connectivity index (χ3n) is 8.28. The van der Waals surface area contributed by atoms with Crippen LogP contribution < -0.4 is 10.6 Å². The molecule has 1 aliphatic heterocycles. The van der Waals surface area contributed by atoms with E-state index in [1.807, 2.05) is 24.6 Å². The van der Waals surface area contributed by atoms with E-state index in [-0.39, 0.29) is 18.0 Å². The molecular weight excluding hydrogens is 586 g/mol. The van der Waals surface area contributed by atoms with Gasteiger partial charge in [0.15, 0.2) is 27.9 Å². The topological polar surface area (TPSA) is 116 Å². The summed E-state index contributed by atoms with van der Waals surface area (Å²) in [6.07, 6.45) is 1.65. The average molecular weight is 620 g/mol. The van der Waals surface area contributed by atoms with Crippen LogP contribution in [-0.4, -0.2) is 60.7 Å². The van der Waals surface area contributed by atoms with E-state index >= 15 is 0 Å². The number of benzene rings is 2. The molecule has 224 valence electrons. The van der Waals surface area contributed by atoms with Crippen LogP contribution in [-0.2, 0) is 14.3 Å². The SMILES string of the molecule is CCCSc1nc(NC2CC2c2ccccc2)c2nnn(C3CC(C(=O)Nc4ccc(Cl)cc4)C4OC(C)(C)OC43)c2n1. The van der Waals surface area contributed by atoms with Crippen molar-refractivity contribution in [1.29, 1.82) is 0 Å². The molecule has 2 N–H and O–H groups in total. The fourth-order valence-electron chi connectivity index (χ4n) is 6.21. The van der Waals surface area contributed by atoms with Gasteiger partial charge in [0, 0.05) is 28.4 Å². The van der Waals surface area contributed by atoms with Gasteiger partial charge in [-0.15, -0.1) is 5.10 Å². The van der Waals surface area contributed by atoms with Gasteiger partial charge in [-0.3, -0.25) is 4.79 Å². The van der Waals surface area contributed by atoms with E-state index in [0.717, 1.165) is 18.6 Å². The Labute approximate surface area is 259 Å². The first-order valence-electron chi connectivity index (χ1n) is 14.8. The van der Waals surface area contributed by atoms with Gasteiger partial charge in [0.25, 0.3) is 0 Å². The van der Waals surface area contributed by atoms with Crippen molar-refractivity contribution in [3.8, 4) is 0 Å². The summed E-state index contributed by atoms with van der Waals surface area (Å²) in [6.45, 7) is 5.88. The number of anilines is 2. The zero-order valence-electron chi connectivity index (χ0n) is 24.2. The molecule has 10 nitrogen and oxygen atoms in total. The molecule has 6 unspecified atom stereocenters. The van der Waals surface area contributed by atoms with Crippen LogP contribution in [0.3, 0.4) is 0 Å². The summed E-state index contributed by atoms with van der Waals surface area (Å²) in [5.74, 6) is 0.574. The van der Waals surface area contributed by atoms with Gasteiger partial charge < -0.3 is 20.1 Å². The number of ether oxygens (including phenoxy) is 2. The molecule has 3 aliphatic rings. The highest BCUT2D eigenvalue weighted by Crippen LogP contribution is 2.48. The zero-order valence-corrected chi connectivity index (χ0v) is 25.8. The molecule has 1 saturated heterocycles. The lowest BCUT2D eigenvalue weighted by Gasteiger charge is -2.23. The van der Waals surface area contributed by atoms with E-state index in [1.165, 1.54) is 5.56 Å². The number of aromatic nitrogens is 5. The predicted molar refractivity (Wildman–Crippen MR) is 166 cm³/mol. The van der Waals surface area contributed by atoms with Gasteiger partial charge in [0.05, 0.1) is 12.0 Å². The van der Waals surface area contributed by atoms with Crippen molar-refractivity contribution in [3.63, 3.8) is 0 Å². The van der Waals surface area contributed by atoms with Crippen molar-refractivity contribution in [2.75, 3.05) is 16.4 Å². The molecule has 0 spiro atoms. The minimum atomic E-state index is -0.842. The first kappa shape index (κ1) is 28.5. The molecule has 2 aliphatic carbocycles. The lowest BCUT2D eigenvalue weighted by Crippen LogP contribution is -2.33. The third kappa shape index (κ3) is 5.71. The summed E-state index contributed by atoms with van der Waals surface area (Å²) in [5.41, 5.74) is 3.23. The molecule has 2 aromatic carbocycles. The largest absolute Gasteiger partial charge is 0.365 e. The number of hydrogen-bond donors (Lipinski definition) is 2. The van der Waals surface area contributed by atoms with E-state index < -0.39 is 23.9 Å². The molecule has 7 rings (SSSR count). The molecule has 2 saturated carbocycles. The number of halogens is 1. The zero-order chi connectivity index (χ0) is 29.7. The minimum absolute atomic E-state index is 0.137. The Morgan fingerprint density at radius 3 is 2.60 bits per heavy atom. The number of thioether (sulfide) groups is 1. The van der Waals surface area contributed by atoms with Crippen LogP contribution >= 0.6 is 23.4 Å². The number of rotatable bonds is 9. The van der Waals surface area contributed by atoms with Crippen LogP contribution in [0, 0.1) is 5.92 Å². The Morgan fingerprint density at radius 1 is 1.07 bits per heavy atom. The van der Waals surface area contributed by atoms with Crippen LogP contribution in [0.4, 0.5) is 11.5 Å². The van der Waals surface area contributed by atoms with Crippen LogP contribution in [0.25, 0.3) is 11.2 Å². The number of carbonyl (C=O) groups is 1.